The van der Waals surface area contributed by atoms with Gasteiger partial charge in [-0.3, -0.25) is 20.4 Å². The second-order valence-corrected chi connectivity index (χ2v) is 7.20. The number of benzene rings is 1. The lowest BCUT2D eigenvalue weighted by Gasteiger charge is -2.25. The third kappa shape index (κ3) is 6.41. The Balaban J connectivity index is 1.35. The van der Waals surface area contributed by atoms with E-state index in [4.69, 9.17) is 14.2 Å². The van der Waals surface area contributed by atoms with Crippen molar-refractivity contribution in [2.75, 3.05) is 51.0 Å². The van der Waals surface area contributed by atoms with Gasteiger partial charge in [0.2, 0.25) is 0 Å². The average Bonchev–Trinajstić information content (AvgIpc) is 3.15. The van der Waals surface area contributed by atoms with Crippen molar-refractivity contribution >= 4 is 28.3 Å². The molecule has 0 radical (unpaired) electrons. The van der Waals surface area contributed by atoms with Crippen LogP contribution in [0, 0.1) is 6.92 Å². The minimum Gasteiger partial charge on any atom is -0.491 e. The average molecular weight is 420 g/mol. The fourth-order valence-electron chi connectivity index (χ4n) is 2.60. The molecule has 1 saturated heterocycles. The number of ether oxygens (including phenoxy) is 3. The standard InChI is InChI=1S/C19H24N4O5S/c1-14-17(29-19(20-14)23-7-9-26-10-8-23)18(25)22-21-16(24)13-27-11-12-28-15-5-3-2-4-6-15/h2-6H,7-13H2,1H3,(H,21,24)(H,22,25). The number of rotatable bonds is 8. The molecule has 0 spiro atoms. The molecule has 1 aliphatic rings. The zero-order valence-electron chi connectivity index (χ0n) is 16.2. The number of carbonyl (C=O) groups is 2. The number of anilines is 1. The van der Waals surface area contributed by atoms with Crippen molar-refractivity contribution in [3.63, 3.8) is 0 Å². The minimum atomic E-state index is -0.450. The summed E-state index contributed by atoms with van der Waals surface area (Å²) in [4.78, 5) is 31.2. The van der Waals surface area contributed by atoms with Gasteiger partial charge in [-0.2, -0.15) is 0 Å². The van der Waals surface area contributed by atoms with E-state index in [1.54, 1.807) is 6.92 Å². The van der Waals surface area contributed by atoms with Gasteiger partial charge < -0.3 is 19.1 Å². The number of thiazole rings is 1. The highest BCUT2D eigenvalue weighted by atomic mass is 32.1. The molecule has 2 heterocycles. The van der Waals surface area contributed by atoms with Crippen molar-refractivity contribution in [3.05, 3.63) is 40.9 Å². The van der Waals surface area contributed by atoms with Gasteiger partial charge in [-0.05, 0) is 19.1 Å². The molecular formula is C19H24N4O5S. The maximum absolute atomic E-state index is 12.3. The van der Waals surface area contributed by atoms with Crippen molar-refractivity contribution in [1.82, 2.24) is 15.8 Å². The predicted molar refractivity (Wildman–Crippen MR) is 108 cm³/mol. The smallest absolute Gasteiger partial charge is 0.281 e. The first-order valence-corrected chi connectivity index (χ1v) is 10.1. The van der Waals surface area contributed by atoms with Crippen LogP contribution in [0.15, 0.2) is 30.3 Å². The van der Waals surface area contributed by atoms with Gasteiger partial charge in [-0.1, -0.05) is 29.5 Å². The highest BCUT2D eigenvalue weighted by Crippen LogP contribution is 2.26. The Morgan fingerprint density at radius 3 is 2.69 bits per heavy atom. The van der Waals surface area contributed by atoms with Gasteiger partial charge in [-0.25, -0.2) is 4.98 Å². The molecule has 1 aliphatic heterocycles. The molecule has 0 atom stereocenters. The Bertz CT molecular complexity index is 808. The number of nitrogens with one attached hydrogen (secondary N) is 2. The first-order valence-electron chi connectivity index (χ1n) is 9.28. The monoisotopic (exact) mass is 420 g/mol. The van der Waals surface area contributed by atoms with Crippen molar-refractivity contribution in [2.45, 2.75) is 6.92 Å². The van der Waals surface area contributed by atoms with Crippen LogP contribution in [0.25, 0.3) is 0 Å². The van der Waals surface area contributed by atoms with Crippen LogP contribution < -0.4 is 20.5 Å². The number of hydrazine groups is 1. The van der Waals surface area contributed by atoms with Crippen LogP contribution in [0.1, 0.15) is 15.4 Å². The summed E-state index contributed by atoms with van der Waals surface area (Å²) in [5, 5.41) is 0.782. The fourth-order valence-corrected chi connectivity index (χ4v) is 3.62. The van der Waals surface area contributed by atoms with E-state index in [0.717, 1.165) is 24.0 Å². The zero-order valence-corrected chi connectivity index (χ0v) is 17.0. The normalized spacial score (nSPS) is 13.8. The number of aromatic nitrogens is 1. The van der Waals surface area contributed by atoms with Crippen LogP contribution in [0.4, 0.5) is 5.13 Å². The van der Waals surface area contributed by atoms with Crippen molar-refractivity contribution in [2.24, 2.45) is 0 Å². The Kier molecular flexibility index (Phi) is 7.79. The number of morpholine rings is 1. The third-order valence-electron chi connectivity index (χ3n) is 4.06. The summed E-state index contributed by atoms with van der Waals surface area (Å²) < 4.78 is 16.0. The molecule has 1 aromatic carbocycles. The molecule has 0 aliphatic carbocycles. The molecule has 2 aromatic rings. The number of nitrogens with zero attached hydrogens (tertiary/aromatic N) is 2. The summed E-state index contributed by atoms with van der Waals surface area (Å²) in [6.45, 7) is 4.96. The molecule has 156 valence electrons. The molecular weight excluding hydrogens is 396 g/mol. The van der Waals surface area contributed by atoms with Crippen molar-refractivity contribution < 1.29 is 23.8 Å². The van der Waals surface area contributed by atoms with Crippen LogP contribution in [0.3, 0.4) is 0 Å². The van der Waals surface area contributed by atoms with Crippen LogP contribution in [0.5, 0.6) is 5.75 Å². The summed E-state index contributed by atoms with van der Waals surface area (Å²) in [6, 6.07) is 9.34. The Labute approximate surface area is 172 Å². The van der Waals surface area contributed by atoms with Crippen LogP contribution >= 0.6 is 11.3 Å². The molecule has 3 rings (SSSR count). The summed E-state index contributed by atoms with van der Waals surface area (Å²) in [7, 11) is 0. The maximum Gasteiger partial charge on any atom is 0.281 e. The molecule has 0 unspecified atom stereocenters. The first-order chi connectivity index (χ1) is 14.1. The molecule has 2 amide bonds. The van der Waals surface area contributed by atoms with E-state index in [1.807, 2.05) is 30.3 Å². The predicted octanol–water partition coefficient (Wildman–Crippen LogP) is 1.14. The summed E-state index contributed by atoms with van der Waals surface area (Å²) in [6.07, 6.45) is 0. The molecule has 10 heteroatoms. The molecule has 1 aromatic heterocycles. The number of amides is 2. The maximum atomic E-state index is 12.3. The highest BCUT2D eigenvalue weighted by molar-refractivity contribution is 7.17. The van der Waals surface area contributed by atoms with E-state index < -0.39 is 11.8 Å². The molecule has 1 fully saturated rings. The number of aryl methyl sites for hydroxylation is 1. The largest absolute Gasteiger partial charge is 0.491 e. The molecule has 9 nitrogen and oxygen atoms in total. The van der Waals surface area contributed by atoms with E-state index >= 15 is 0 Å². The van der Waals surface area contributed by atoms with E-state index in [1.165, 1.54) is 11.3 Å². The van der Waals surface area contributed by atoms with E-state index in [-0.39, 0.29) is 13.2 Å². The van der Waals surface area contributed by atoms with Crippen LogP contribution in [-0.4, -0.2) is 62.9 Å². The van der Waals surface area contributed by atoms with Gasteiger partial charge in [0.25, 0.3) is 11.8 Å². The second-order valence-electron chi connectivity index (χ2n) is 6.23. The second kappa shape index (κ2) is 10.7. The molecule has 29 heavy (non-hydrogen) atoms. The van der Waals surface area contributed by atoms with Gasteiger partial charge in [0.05, 0.1) is 25.5 Å². The van der Waals surface area contributed by atoms with E-state index in [0.29, 0.717) is 30.4 Å². The third-order valence-corrected chi connectivity index (χ3v) is 5.28. The Hall–Kier alpha value is -2.69. The van der Waals surface area contributed by atoms with Gasteiger partial charge in [0, 0.05) is 13.1 Å². The topological polar surface area (TPSA) is 102 Å². The lowest BCUT2D eigenvalue weighted by molar-refractivity contribution is -0.126. The fraction of sp³-hybridized carbons (Fsp3) is 0.421. The number of carbonyl (C=O) groups excluding carboxylic acids is 2. The quantitative estimate of drug-likeness (QED) is 0.488. The van der Waals surface area contributed by atoms with E-state index in [9.17, 15) is 9.59 Å². The SMILES string of the molecule is Cc1nc(N2CCOCC2)sc1C(=O)NNC(=O)COCCOc1ccccc1. The van der Waals surface area contributed by atoms with Gasteiger partial charge in [-0.15, -0.1) is 0 Å². The summed E-state index contributed by atoms with van der Waals surface area (Å²) in [5.74, 6) is -0.113. The van der Waals surface area contributed by atoms with Crippen molar-refractivity contribution in [3.8, 4) is 5.75 Å². The zero-order chi connectivity index (χ0) is 20.5. The lowest BCUT2D eigenvalue weighted by Crippen LogP contribution is -2.43. The van der Waals surface area contributed by atoms with Gasteiger partial charge in [0.15, 0.2) is 5.13 Å². The van der Waals surface area contributed by atoms with E-state index in [2.05, 4.69) is 20.7 Å². The number of para-hydroxylation sites is 1. The summed E-state index contributed by atoms with van der Waals surface area (Å²) in [5.41, 5.74) is 5.37. The first kappa shape index (κ1) is 21.0. The van der Waals surface area contributed by atoms with Gasteiger partial charge in [0.1, 0.15) is 23.8 Å². The molecule has 0 saturated carbocycles. The Morgan fingerprint density at radius 2 is 1.93 bits per heavy atom. The highest BCUT2D eigenvalue weighted by Gasteiger charge is 2.20. The van der Waals surface area contributed by atoms with Crippen LogP contribution in [0.2, 0.25) is 0 Å². The number of hydrogen-bond donors (Lipinski definition) is 2. The van der Waals surface area contributed by atoms with Crippen molar-refractivity contribution in [1.29, 1.82) is 0 Å². The molecule has 0 bridgehead atoms. The summed E-state index contributed by atoms with van der Waals surface area (Å²) >= 11 is 1.30. The van der Waals surface area contributed by atoms with Gasteiger partial charge >= 0.3 is 0 Å². The molecule has 2 N–H and O–H groups in total. The lowest BCUT2D eigenvalue weighted by atomic mass is 10.3. The van der Waals surface area contributed by atoms with Crippen LogP contribution in [-0.2, 0) is 14.3 Å². The Morgan fingerprint density at radius 1 is 1.17 bits per heavy atom. The minimum absolute atomic E-state index is 0.181. The number of hydrogen-bond acceptors (Lipinski definition) is 8.